The number of primary amides is 1. The van der Waals surface area contributed by atoms with E-state index in [4.69, 9.17) is 19.9 Å². The summed E-state index contributed by atoms with van der Waals surface area (Å²) < 4.78 is 17.5. The summed E-state index contributed by atoms with van der Waals surface area (Å²) in [6.45, 7) is 1.27. The zero-order chi connectivity index (χ0) is 22.5. The molecule has 8 nitrogen and oxygen atoms in total. The van der Waals surface area contributed by atoms with E-state index in [0.29, 0.717) is 35.5 Å². The molecule has 3 rings (SSSR count). The summed E-state index contributed by atoms with van der Waals surface area (Å²) in [6, 6.07) is 8.78. The van der Waals surface area contributed by atoms with Gasteiger partial charge < -0.3 is 30.2 Å². The molecule has 1 heterocycles. The second-order valence-corrected chi connectivity index (χ2v) is 8.43. The van der Waals surface area contributed by atoms with Gasteiger partial charge in [-0.3, -0.25) is 9.59 Å². The van der Waals surface area contributed by atoms with Crippen molar-refractivity contribution in [2.24, 2.45) is 11.7 Å². The normalized spacial score (nSPS) is 15.1. The Kier molecular flexibility index (Phi) is 7.40. The summed E-state index contributed by atoms with van der Waals surface area (Å²) >= 11 is 3.37. The Balaban J connectivity index is 1.83. The van der Waals surface area contributed by atoms with Crippen LogP contribution >= 0.6 is 15.9 Å². The largest absolute Gasteiger partial charge is 0.497 e. The van der Waals surface area contributed by atoms with Crippen molar-refractivity contribution < 1.29 is 23.8 Å². The summed E-state index contributed by atoms with van der Waals surface area (Å²) in [5.41, 5.74) is 6.88. The molecule has 2 amide bonds. The summed E-state index contributed by atoms with van der Waals surface area (Å²) in [6.07, 6.45) is 0.484. The Morgan fingerprint density at radius 3 is 2.74 bits per heavy atom. The standard InChI is InChI=1S/C22H26BrN3O5/c1-26(2)6-7-30-19-11-15(23)10-17(21(24)27)20(19)25-22(28)14-8-13-9-16(29-3)4-5-18(13)31-12-14/h4-5,9-11,14H,6-8,12H2,1-3H3,(H2,24,27)(H,25,28)/t14-/m0/s1. The molecule has 1 atom stereocenters. The van der Waals surface area contributed by atoms with Gasteiger partial charge in [0.05, 0.1) is 24.3 Å². The van der Waals surface area contributed by atoms with Gasteiger partial charge in [0.1, 0.15) is 30.5 Å². The molecule has 166 valence electrons. The molecule has 2 aromatic rings. The molecule has 3 N–H and O–H groups in total. The number of likely N-dealkylation sites (N-methyl/N-ethyl adjacent to an activating group) is 1. The van der Waals surface area contributed by atoms with Crippen molar-refractivity contribution in [2.75, 3.05) is 46.3 Å². The molecular formula is C22H26BrN3O5. The lowest BCUT2D eigenvalue weighted by Crippen LogP contribution is -2.33. The van der Waals surface area contributed by atoms with Crippen molar-refractivity contribution in [1.29, 1.82) is 0 Å². The van der Waals surface area contributed by atoms with Crippen LogP contribution in [0.3, 0.4) is 0 Å². The number of nitrogens with two attached hydrogens (primary N) is 1. The molecule has 0 bridgehead atoms. The molecule has 0 saturated carbocycles. The fraction of sp³-hybridized carbons (Fsp3) is 0.364. The van der Waals surface area contributed by atoms with Gasteiger partial charge >= 0.3 is 0 Å². The highest BCUT2D eigenvalue weighted by Gasteiger charge is 2.28. The van der Waals surface area contributed by atoms with Gasteiger partial charge in [0, 0.05) is 11.0 Å². The lowest BCUT2D eigenvalue weighted by atomic mass is 9.95. The molecule has 0 spiro atoms. The van der Waals surface area contributed by atoms with Gasteiger partial charge in [-0.15, -0.1) is 0 Å². The van der Waals surface area contributed by atoms with Crippen LogP contribution in [-0.2, 0) is 11.2 Å². The predicted molar refractivity (Wildman–Crippen MR) is 121 cm³/mol. The first kappa shape index (κ1) is 22.9. The number of methoxy groups -OCH3 is 1. The highest BCUT2D eigenvalue weighted by atomic mass is 79.9. The average molecular weight is 492 g/mol. The van der Waals surface area contributed by atoms with Gasteiger partial charge in [0.15, 0.2) is 0 Å². The van der Waals surface area contributed by atoms with Crippen molar-refractivity contribution in [3.63, 3.8) is 0 Å². The molecule has 1 aliphatic rings. The third-order valence-corrected chi connectivity index (χ3v) is 5.38. The van der Waals surface area contributed by atoms with E-state index < -0.39 is 11.8 Å². The van der Waals surface area contributed by atoms with Gasteiger partial charge in [-0.25, -0.2) is 0 Å². The Bertz CT molecular complexity index is 980. The molecule has 1 aliphatic heterocycles. The number of benzene rings is 2. The van der Waals surface area contributed by atoms with Gasteiger partial charge in [0.25, 0.3) is 5.91 Å². The molecule has 0 aromatic heterocycles. The fourth-order valence-electron chi connectivity index (χ4n) is 3.25. The van der Waals surface area contributed by atoms with E-state index in [1.54, 1.807) is 19.2 Å². The number of amides is 2. The van der Waals surface area contributed by atoms with Gasteiger partial charge in [0.2, 0.25) is 5.91 Å². The first-order valence-electron chi connectivity index (χ1n) is 9.80. The van der Waals surface area contributed by atoms with E-state index >= 15 is 0 Å². The van der Waals surface area contributed by atoms with E-state index in [0.717, 1.165) is 11.3 Å². The van der Waals surface area contributed by atoms with Crippen LogP contribution in [0.5, 0.6) is 17.2 Å². The summed E-state index contributed by atoms with van der Waals surface area (Å²) in [7, 11) is 5.45. The maximum atomic E-state index is 13.1. The maximum absolute atomic E-state index is 13.1. The van der Waals surface area contributed by atoms with Gasteiger partial charge in [-0.1, -0.05) is 15.9 Å². The molecule has 0 radical (unpaired) electrons. The van der Waals surface area contributed by atoms with E-state index in [-0.39, 0.29) is 23.8 Å². The van der Waals surface area contributed by atoms with E-state index in [1.807, 2.05) is 37.2 Å². The second-order valence-electron chi connectivity index (χ2n) is 7.52. The van der Waals surface area contributed by atoms with Crippen LogP contribution < -0.4 is 25.3 Å². The Hall–Kier alpha value is -2.78. The Morgan fingerprint density at radius 1 is 1.29 bits per heavy atom. The number of carbonyl (C=O) groups excluding carboxylic acids is 2. The number of nitrogens with zero attached hydrogens (tertiary/aromatic N) is 1. The number of carbonyl (C=O) groups is 2. The minimum Gasteiger partial charge on any atom is -0.497 e. The van der Waals surface area contributed by atoms with E-state index in [1.165, 1.54) is 0 Å². The first-order chi connectivity index (χ1) is 14.8. The number of halogens is 1. The number of nitrogens with one attached hydrogen (secondary N) is 1. The van der Waals surface area contributed by atoms with Gasteiger partial charge in [-0.05, 0) is 56.4 Å². The molecule has 0 saturated heterocycles. The number of rotatable bonds is 8. The van der Waals surface area contributed by atoms with Crippen molar-refractivity contribution in [3.05, 3.63) is 45.9 Å². The number of hydrogen-bond donors (Lipinski definition) is 2. The van der Waals surface area contributed by atoms with Crippen molar-refractivity contribution >= 4 is 33.4 Å². The molecule has 2 aromatic carbocycles. The number of fused-ring (bicyclic) bond motifs is 1. The van der Waals surface area contributed by atoms with Gasteiger partial charge in [-0.2, -0.15) is 0 Å². The summed E-state index contributed by atoms with van der Waals surface area (Å²) in [4.78, 5) is 27.1. The van der Waals surface area contributed by atoms with Crippen LogP contribution in [0, 0.1) is 5.92 Å². The lowest BCUT2D eigenvalue weighted by Gasteiger charge is -2.26. The smallest absolute Gasteiger partial charge is 0.250 e. The number of hydrogen-bond acceptors (Lipinski definition) is 6. The monoisotopic (exact) mass is 491 g/mol. The Morgan fingerprint density at radius 2 is 2.06 bits per heavy atom. The topological polar surface area (TPSA) is 103 Å². The molecule has 0 fully saturated rings. The van der Waals surface area contributed by atoms with Crippen LogP contribution in [0.1, 0.15) is 15.9 Å². The van der Waals surface area contributed by atoms with Crippen LogP contribution in [-0.4, -0.2) is 57.7 Å². The number of ether oxygens (including phenoxy) is 3. The van der Waals surface area contributed by atoms with Crippen LogP contribution in [0.2, 0.25) is 0 Å². The molecular weight excluding hydrogens is 466 g/mol. The van der Waals surface area contributed by atoms with Crippen LogP contribution in [0.25, 0.3) is 0 Å². The van der Waals surface area contributed by atoms with Crippen LogP contribution in [0.15, 0.2) is 34.8 Å². The number of anilines is 1. The highest BCUT2D eigenvalue weighted by Crippen LogP contribution is 2.35. The summed E-state index contributed by atoms with van der Waals surface area (Å²) in [5.74, 6) is 0.415. The minimum absolute atomic E-state index is 0.168. The highest BCUT2D eigenvalue weighted by molar-refractivity contribution is 9.10. The van der Waals surface area contributed by atoms with Crippen molar-refractivity contribution in [1.82, 2.24) is 4.90 Å². The second kappa shape index (κ2) is 10.0. The first-order valence-corrected chi connectivity index (χ1v) is 10.6. The third-order valence-electron chi connectivity index (χ3n) is 4.92. The molecule has 0 aliphatic carbocycles. The maximum Gasteiger partial charge on any atom is 0.250 e. The third kappa shape index (κ3) is 5.68. The quantitative estimate of drug-likeness (QED) is 0.588. The van der Waals surface area contributed by atoms with Crippen molar-refractivity contribution in [2.45, 2.75) is 6.42 Å². The molecule has 0 unspecified atom stereocenters. The van der Waals surface area contributed by atoms with E-state index in [9.17, 15) is 9.59 Å². The lowest BCUT2D eigenvalue weighted by molar-refractivity contribution is -0.121. The molecule has 31 heavy (non-hydrogen) atoms. The van der Waals surface area contributed by atoms with Crippen LogP contribution in [0.4, 0.5) is 5.69 Å². The zero-order valence-electron chi connectivity index (χ0n) is 17.7. The predicted octanol–water partition coefficient (Wildman–Crippen LogP) is 2.69. The van der Waals surface area contributed by atoms with E-state index in [2.05, 4.69) is 21.2 Å². The zero-order valence-corrected chi connectivity index (χ0v) is 19.3. The molecule has 9 heteroatoms. The minimum atomic E-state index is -0.663. The summed E-state index contributed by atoms with van der Waals surface area (Å²) in [5, 5.41) is 2.84. The van der Waals surface area contributed by atoms with Crippen molar-refractivity contribution in [3.8, 4) is 17.2 Å². The average Bonchev–Trinajstić information content (AvgIpc) is 2.73. The SMILES string of the molecule is COc1ccc2c(c1)C[C@H](C(=O)Nc1c(OCCN(C)C)cc(Br)cc1C(N)=O)CO2. The Labute approximate surface area is 189 Å². The fourth-order valence-corrected chi connectivity index (χ4v) is 3.69.